The molecule has 1 heterocycles. The van der Waals surface area contributed by atoms with Crippen molar-refractivity contribution in [3.63, 3.8) is 0 Å². The number of methoxy groups -OCH3 is 1. The number of carbonyl (C=O) groups excluding carboxylic acids is 1. The van der Waals surface area contributed by atoms with E-state index in [2.05, 4.69) is 11.8 Å². The number of thiophene rings is 1. The molecule has 0 saturated heterocycles. The average molecular weight is 348 g/mol. The summed E-state index contributed by atoms with van der Waals surface area (Å²) in [4.78, 5) is 15.3. The van der Waals surface area contributed by atoms with Crippen LogP contribution in [0.15, 0.2) is 24.3 Å². The molecule has 0 fully saturated rings. The molecule has 0 bridgehead atoms. The first kappa shape index (κ1) is 18.3. The Morgan fingerprint density at radius 3 is 2.46 bits per heavy atom. The van der Waals surface area contributed by atoms with Crippen molar-refractivity contribution >= 4 is 22.3 Å². The van der Waals surface area contributed by atoms with Gasteiger partial charge in [0.1, 0.15) is 16.3 Å². The molecule has 2 N–H and O–H groups in total. The van der Waals surface area contributed by atoms with Gasteiger partial charge in [0.15, 0.2) is 0 Å². The number of nitrogens with zero attached hydrogens (tertiary/aromatic N) is 1. The number of ether oxygens (including phenoxy) is 2. The van der Waals surface area contributed by atoms with Crippen LogP contribution in [0.3, 0.4) is 0 Å². The Hall–Kier alpha value is -2.05. The lowest BCUT2D eigenvalue weighted by Crippen LogP contribution is -2.11. The van der Waals surface area contributed by atoms with Crippen molar-refractivity contribution in [2.45, 2.75) is 19.9 Å². The number of benzene rings is 1. The van der Waals surface area contributed by atoms with Gasteiger partial charge in [-0.2, -0.15) is 0 Å². The van der Waals surface area contributed by atoms with Gasteiger partial charge in [-0.1, -0.05) is 19.1 Å². The normalized spacial score (nSPS) is 10.9. The first-order valence-electron chi connectivity index (χ1n) is 7.85. The summed E-state index contributed by atoms with van der Waals surface area (Å²) in [6.07, 6.45) is 0.961. The third kappa shape index (κ3) is 4.07. The molecule has 6 heteroatoms. The van der Waals surface area contributed by atoms with Gasteiger partial charge < -0.3 is 20.1 Å². The summed E-state index contributed by atoms with van der Waals surface area (Å²) >= 11 is 1.43. The van der Waals surface area contributed by atoms with E-state index in [0.29, 0.717) is 23.7 Å². The quantitative estimate of drug-likeness (QED) is 0.774. The summed E-state index contributed by atoms with van der Waals surface area (Å²) in [7, 11) is 5.34. The zero-order valence-electron chi connectivity index (χ0n) is 14.6. The number of anilines is 1. The summed E-state index contributed by atoms with van der Waals surface area (Å²) in [6.45, 7) is 3.46. The molecule has 24 heavy (non-hydrogen) atoms. The first-order valence-corrected chi connectivity index (χ1v) is 8.67. The molecule has 0 aliphatic heterocycles. The fourth-order valence-corrected chi connectivity index (χ4v) is 3.64. The number of hydrogen-bond acceptors (Lipinski definition) is 6. The predicted molar refractivity (Wildman–Crippen MR) is 98.7 cm³/mol. The zero-order chi connectivity index (χ0) is 17.7. The van der Waals surface area contributed by atoms with Crippen LogP contribution in [0.1, 0.15) is 28.6 Å². The lowest BCUT2D eigenvalue weighted by molar-refractivity contribution is 0.0603. The molecular weight excluding hydrogens is 324 g/mol. The highest BCUT2D eigenvalue weighted by Gasteiger charge is 2.24. The van der Waals surface area contributed by atoms with Gasteiger partial charge >= 0.3 is 5.97 Å². The number of nitrogens with two attached hydrogens (primary N) is 1. The van der Waals surface area contributed by atoms with Crippen LogP contribution in [-0.4, -0.2) is 38.7 Å². The first-order chi connectivity index (χ1) is 11.5. The van der Waals surface area contributed by atoms with Crippen LogP contribution >= 0.6 is 11.3 Å². The fourth-order valence-electron chi connectivity index (χ4n) is 2.44. The second kappa shape index (κ2) is 8.17. The van der Waals surface area contributed by atoms with Gasteiger partial charge in [-0.05, 0) is 38.2 Å². The molecule has 0 atom stereocenters. The van der Waals surface area contributed by atoms with Crippen molar-refractivity contribution < 1.29 is 14.3 Å². The average Bonchev–Trinajstić information content (AvgIpc) is 2.88. The highest BCUT2D eigenvalue weighted by Crippen LogP contribution is 2.40. The van der Waals surface area contributed by atoms with Crippen molar-refractivity contribution in [3.8, 4) is 16.9 Å². The van der Waals surface area contributed by atoms with Gasteiger partial charge in [-0.15, -0.1) is 11.3 Å². The molecule has 0 unspecified atom stereocenters. The Balaban J connectivity index is 2.47. The topological polar surface area (TPSA) is 64.8 Å². The molecule has 1 aromatic heterocycles. The SMILES string of the molecule is CCCOc1ccc(-c2c(CN(C)C)sc(N)c2C(=O)OC)cc1. The van der Waals surface area contributed by atoms with E-state index in [-0.39, 0.29) is 0 Å². The Bertz CT molecular complexity index is 693. The van der Waals surface area contributed by atoms with E-state index in [1.807, 2.05) is 38.4 Å². The van der Waals surface area contributed by atoms with E-state index in [4.69, 9.17) is 15.2 Å². The lowest BCUT2D eigenvalue weighted by Gasteiger charge is -2.12. The smallest absolute Gasteiger partial charge is 0.341 e. The van der Waals surface area contributed by atoms with Gasteiger partial charge in [0.2, 0.25) is 0 Å². The van der Waals surface area contributed by atoms with Crippen LogP contribution in [0.25, 0.3) is 11.1 Å². The Kier molecular flexibility index (Phi) is 6.23. The van der Waals surface area contributed by atoms with Crippen LogP contribution in [-0.2, 0) is 11.3 Å². The minimum absolute atomic E-state index is 0.407. The number of rotatable bonds is 7. The summed E-state index contributed by atoms with van der Waals surface area (Å²) in [5, 5.41) is 0.486. The maximum absolute atomic E-state index is 12.2. The van der Waals surface area contributed by atoms with Gasteiger partial charge in [0, 0.05) is 17.0 Å². The number of nitrogen functional groups attached to an aromatic ring is 1. The minimum Gasteiger partial charge on any atom is -0.494 e. The van der Waals surface area contributed by atoms with E-state index in [1.165, 1.54) is 18.4 Å². The summed E-state index contributed by atoms with van der Waals surface area (Å²) in [5.41, 5.74) is 8.33. The third-order valence-electron chi connectivity index (χ3n) is 3.47. The van der Waals surface area contributed by atoms with Crippen molar-refractivity contribution in [1.82, 2.24) is 4.90 Å². The molecular formula is C18H24N2O3S. The Morgan fingerprint density at radius 1 is 1.25 bits per heavy atom. The predicted octanol–water partition coefficient (Wildman–Crippen LogP) is 3.63. The van der Waals surface area contributed by atoms with Gasteiger partial charge in [0.05, 0.1) is 13.7 Å². The largest absolute Gasteiger partial charge is 0.494 e. The maximum atomic E-state index is 12.2. The highest BCUT2D eigenvalue weighted by atomic mass is 32.1. The fraction of sp³-hybridized carbons (Fsp3) is 0.389. The van der Waals surface area contributed by atoms with Crippen molar-refractivity contribution in [3.05, 3.63) is 34.7 Å². The van der Waals surface area contributed by atoms with Crippen LogP contribution in [0.2, 0.25) is 0 Å². The van der Waals surface area contributed by atoms with Gasteiger partial charge in [-0.25, -0.2) is 4.79 Å². The highest BCUT2D eigenvalue weighted by molar-refractivity contribution is 7.17. The minimum atomic E-state index is -0.407. The molecule has 0 saturated carbocycles. The zero-order valence-corrected chi connectivity index (χ0v) is 15.4. The summed E-state index contributed by atoms with van der Waals surface area (Å²) in [6, 6.07) is 7.74. The molecule has 130 valence electrons. The second-order valence-corrected chi connectivity index (χ2v) is 6.88. The van der Waals surface area contributed by atoms with Crippen LogP contribution in [0.4, 0.5) is 5.00 Å². The molecule has 5 nitrogen and oxygen atoms in total. The molecule has 0 aliphatic carbocycles. The van der Waals surface area contributed by atoms with Crippen molar-refractivity contribution in [2.75, 3.05) is 33.5 Å². The van der Waals surface area contributed by atoms with Crippen molar-refractivity contribution in [1.29, 1.82) is 0 Å². The molecule has 2 aromatic rings. The van der Waals surface area contributed by atoms with Crippen LogP contribution in [0.5, 0.6) is 5.75 Å². The third-order valence-corrected chi connectivity index (χ3v) is 4.48. The Labute approximate surface area is 147 Å². The molecule has 0 spiro atoms. The van der Waals surface area contributed by atoms with E-state index >= 15 is 0 Å². The lowest BCUT2D eigenvalue weighted by atomic mass is 10.0. The number of esters is 1. The van der Waals surface area contributed by atoms with E-state index in [9.17, 15) is 4.79 Å². The Morgan fingerprint density at radius 2 is 1.92 bits per heavy atom. The summed E-state index contributed by atoms with van der Waals surface area (Å²) < 4.78 is 10.5. The monoisotopic (exact) mass is 348 g/mol. The molecule has 1 aromatic carbocycles. The summed E-state index contributed by atoms with van der Waals surface area (Å²) in [5.74, 6) is 0.410. The van der Waals surface area contributed by atoms with Crippen molar-refractivity contribution in [2.24, 2.45) is 0 Å². The standard InChI is InChI=1S/C18H24N2O3S/c1-5-10-23-13-8-6-12(7-9-13)15-14(11-20(2)3)24-17(19)16(15)18(21)22-4/h6-9H,5,10-11,19H2,1-4H3. The van der Waals surface area contributed by atoms with E-state index in [0.717, 1.165) is 28.2 Å². The number of hydrogen-bond donors (Lipinski definition) is 1. The molecule has 0 radical (unpaired) electrons. The molecule has 2 rings (SSSR count). The van der Waals surface area contributed by atoms with Gasteiger partial charge in [0.25, 0.3) is 0 Å². The maximum Gasteiger partial charge on any atom is 0.341 e. The molecule has 0 amide bonds. The second-order valence-electron chi connectivity index (χ2n) is 5.74. The van der Waals surface area contributed by atoms with Crippen LogP contribution in [0, 0.1) is 0 Å². The number of carbonyl (C=O) groups is 1. The molecule has 0 aliphatic rings. The van der Waals surface area contributed by atoms with Crippen LogP contribution < -0.4 is 10.5 Å². The van der Waals surface area contributed by atoms with Gasteiger partial charge in [-0.3, -0.25) is 0 Å². The van der Waals surface area contributed by atoms with E-state index in [1.54, 1.807) is 0 Å². The van der Waals surface area contributed by atoms with E-state index < -0.39 is 5.97 Å².